The molecule has 172 valence electrons. The molecule has 0 unspecified atom stereocenters. The molecule has 34 heavy (non-hydrogen) atoms. The molecule has 0 spiro atoms. The van der Waals surface area contributed by atoms with Crippen LogP contribution in [0.3, 0.4) is 0 Å². The Hall–Kier alpha value is -4.39. The lowest BCUT2D eigenvalue weighted by Gasteiger charge is -2.11. The normalized spacial score (nSPS) is 10.9. The molecule has 0 atom stereocenters. The maximum absolute atomic E-state index is 12.5. The van der Waals surface area contributed by atoms with Crippen LogP contribution in [0.25, 0.3) is 11.3 Å². The number of hydrogen-bond acceptors (Lipinski definition) is 5. The molecule has 7 nitrogen and oxygen atoms in total. The Morgan fingerprint density at radius 2 is 1.82 bits per heavy atom. The maximum atomic E-state index is 12.5. The third-order valence-electron chi connectivity index (χ3n) is 5.43. The van der Waals surface area contributed by atoms with Crippen molar-refractivity contribution < 1.29 is 14.3 Å². The first-order valence-corrected chi connectivity index (χ1v) is 10.8. The van der Waals surface area contributed by atoms with Crippen molar-refractivity contribution in [1.82, 2.24) is 15.6 Å². The molecular weight excluding hydrogens is 428 g/mol. The van der Waals surface area contributed by atoms with Gasteiger partial charge < -0.3 is 9.47 Å². The first kappa shape index (κ1) is 22.8. The number of rotatable bonds is 8. The van der Waals surface area contributed by atoms with Gasteiger partial charge in [-0.1, -0.05) is 42.5 Å². The molecule has 0 fully saturated rings. The number of amides is 1. The molecule has 0 radical (unpaired) electrons. The Morgan fingerprint density at radius 1 is 1.00 bits per heavy atom. The van der Waals surface area contributed by atoms with E-state index in [0.717, 1.165) is 16.7 Å². The highest BCUT2D eigenvalue weighted by Gasteiger charge is 2.11. The van der Waals surface area contributed by atoms with Gasteiger partial charge in [-0.3, -0.25) is 9.89 Å². The molecule has 3 aromatic carbocycles. The number of hydrazone groups is 1. The average molecular weight is 455 g/mol. The van der Waals surface area contributed by atoms with Gasteiger partial charge in [-0.05, 0) is 66.4 Å². The third kappa shape index (κ3) is 5.50. The topological polar surface area (TPSA) is 88.6 Å². The molecular formula is C27H26N4O3. The third-order valence-corrected chi connectivity index (χ3v) is 5.43. The molecule has 2 N–H and O–H groups in total. The summed E-state index contributed by atoms with van der Waals surface area (Å²) in [5.41, 5.74) is 8.68. The van der Waals surface area contributed by atoms with Crippen LogP contribution >= 0.6 is 0 Å². The van der Waals surface area contributed by atoms with E-state index < -0.39 is 0 Å². The molecule has 7 heteroatoms. The highest BCUT2D eigenvalue weighted by molar-refractivity contribution is 5.94. The van der Waals surface area contributed by atoms with Gasteiger partial charge in [0.25, 0.3) is 5.91 Å². The number of nitrogens with zero attached hydrogens (tertiary/aromatic N) is 2. The van der Waals surface area contributed by atoms with Crippen molar-refractivity contribution >= 4 is 12.1 Å². The number of ether oxygens (including phenoxy) is 2. The predicted octanol–water partition coefficient (Wildman–Crippen LogP) is 5.05. The van der Waals surface area contributed by atoms with Crippen LogP contribution in [-0.2, 0) is 6.61 Å². The van der Waals surface area contributed by atoms with Gasteiger partial charge in [-0.25, -0.2) is 5.43 Å². The highest BCUT2D eigenvalue weighted by Crippen LogP contribution is 2.28. The van der Waals surface area contributed by atoms with Crippen LogP contribution in [0.2, 0.25) is 0 Å². The van der Waals surface area contributed by atoms with Crippen molar-refractivity contribution in [3.05, 3.63) is 101 Å². The molecule has 1 aromatic heterocycles. The second-order valence-electron chi connectivity index (χ2n) is 7.85. The van der Waals surface area contributed by atoms with E-state index in [4.69, 9.17) is 9.47 Å². The van der Waals surface area contributed by atoms with Gasteiger partial charge in [0.05, 0.1) is 19.0 Å². The van der Waals surface area contributed by atoms with Crippen molar-refractivity contribution in [1.29, 1.82) is 0 Å². The summed E-state index contributed by atoms with van der Waals surface area (Å²) >= 11 is 0. The molecule has 0 saturated carbocycles. The van der Waals surface area contributed by atoms with Crippen LogP contribution < -0.4 is 14.9 Å². The van der Waals surface area contributed by atoms with Crippen LogP contribution in [0, 0.1) is 13.8 Å². The predicted molar refractivity (Wildman–Crippen MR) is 132 cm³/mol. The van der Waals surface area contributed by atoms with E-state index in [2.05, 4.69) is 27.6 Å². The van der Waals surface area contributed by atoms with Gasteiger partial charge in [-0.15, -0.1) is 0 Å². The summed E-state index contributed by atoms with van der Waals surface area (Å²) in [6.07, 6.45) is 1.55. The lowest BCUT2D eigenvalue weighted by Crippen LogP contribution is -2.18. The van der Waals surface area contributed by atoms with Crippen LogP contribution in [0.5, 0.6) is 11.5 Å². The quantitative estimate of drug-likeness (QED) is 0.288. The summed E-state index contributed by atoms with van der Waals surface area (Å²) in [6, 6.07) is 23.1. The van der Waals surface area contributed by atoms with Crippen LogP contribution in [0.1, 0.15) is 32.7 Å². The van der Waals surface area contributed by atoms with Crippen LogP contribution in [0.15, 0.2) is 77.9 Å². The van der Waals surface area contributed by atoms with Gasteiger partial charge in [0.15, 0.2) is 11.5 Å². The zero-order valence-electron chi connectivity index (χ0n) is 19.3. The standard InChI is InChI=1S/C27H26N4O3/c1-18-9-11-22(13-19(18)2)23-15-24(30-29-23)27(32)31-28-16-21-10-12-25(33-3)26(14-21)34-17-20-7-5-4-6-8-20/h4-16H,17H2,1-3H3,(H,29,30)(H,31,32). The monoisotopic (exact) mass is 454 g/mol. The fourth-order valence-corrected chi connectivity index (χ4v) is 3.33. The van der Waals surface area contributed by atoms with Crippen molar-refractivity contribution in [3.8, 4) is 22.8 Å². The zero-order valence-corrected chi connectivity index (χ0v) is 19.3. The van der Waals surface area contributed by atoms with Gasteiger partial charge >= 0.3 is 0 Å². The Bertz CT molecular complexity index is 1310. The van der Waals surface area contributed by atoms with Crippen LogP contribution in [0.4, 0.5) is 0 Å². The van der Waals surface area contributed by atoms with Crippen molar-refractivity contribution in [2.24, 2.45) is 5.10 Å². The first-order valence-electron chi connectivity index (χ1n) is 10.8. The number of hydrogen-bond donors (Lipinski definition) is 2. The fourth-order valence-electron chi connectivity index (χ4n) is 3.33. The molecule has 4 rings (SSSR count). The molecule has 1 amide bonds. The summed E-state index contributed by atoms with van der Waals surface area (Å²) in [6.45, 7) is 4.52. The Morgan fingerprint density at radius 3 is 2.59 bits per heavy atom. The number of aryl methyl sites for hydroxylation is 2. The second kappa shape index (κ2) is 10.5. The van der Waals surface area contributed by atoms with E-state index >= 15 is 0 Å². The van der Waals surface area contributed by atoms with Gasteiger partial charge in [-0.2, -0.15) is 10.2 Å². The number of benzene rings is 3. The summed E-state index contributed by atoms with van der Waals surface area (Å²) in [5.74, 6) is 0.828. The Kier molecular flexibility index (Phi) is 7.03. The minimum Gasteiger partial charge on any atom is -0.493 e. The molecule has 4 aromatic rings. The minimum absolute atomic E-state index is 0.326. The van der Waals surface area contributed by atoms with E-state index in [-0.39, 0.29) is 5.91 Å². The smallest absolute Gasteiger partial charge is 0.289 e. The van der Waals surface area contributed by atoms with E-state index in [1.807, 2.05) is 67.6 Å². The fraction of sp³-hybridized carbons (Fsp3) is 0.148. The number of methoxy groups -OCH3 is 1. The molecule has 1 heterocycles. The molecule has 0 saturated heterocycles. The number of aromatic amines is 1. The van der Waals surface area contributed by atoms with E-state index in [0.29, 0.717) is 29.5 Å². The summed E-state index contributed by atoms with van der Waals surface area (Å²) in [5, 5.41) is 11.1. The number of nitrogens with one attached hydrogen (secondary N) is 2. The number of carbonyl (C=O) groups excluding carboxylic acids is 1. The van der Waals surface area contributed by atoms with E-state index in [1.54, 1.807) is 25.5 Å². The molecule has 0 aliphatic rings. The summed E-state index contributed by atoms with van der Waals surface area (Å²) < 4.78 is 11.3. The zero-order chi connectivity index (χ0) is 23.9. The summed E-state index contributed by atoms with van der Waals surface area (Å²) in [7, 11) is 1.59. The van der Waals surface area contributed by atoms with Crippen molar-refractivity contribution in [2.45, 2.75) is 20.5 Å². The van der Waals surface area contributed by atoms with Crippen molar-refractivity contribution in [3.63, 3.8) is 0 Å². The molecule has 0 bridgehead atoms. The Labute approximate surface area is 198 Å². The lowest BCUT2D eigenvalue weighted by atomic mass is 10.0. The second-order valence-corrected chi connectivity index (χ2v) is 7.85. The highest BCUT2D eigenvalue weighted by atomic mass is 16.5. The Balaban J connectivity index is 1.40. The lowest BCUT2D eigenvalue weighted by molar-refractivity contribution is 0.0950. The largest absolute Gasteiger partial charge is 0.493 e. The molecule has 0 aliphatic heterocycles. The number of carbonyl (C=O) groups is 1. The van der Waals surface area contributed by atoms with Gasteiger partial charge in [0, 0.05) is 5.56 Å². The molecule has 0 aliphatic carbocycles. The van der Waals surface area contributed by atoms with Crippen molar-refractivity contribution in [2.75, 3.05) is 7.11 Å². The van der Waals surface area contributed by atoms with Gasteiger partial charge in [0.2, 0.25) is 0 Å². The van der Waals surface area contributed by atoms with E-state index in [1.165, 1.54) is 11.1 Å². The maximum Gasteiger partial charge on any atom is 0.289 e. The number of H-pyrrole nitrogens is 1. The summed E-state index contributed by atoms with van der Waals surface area (Å²) in [4.78, 5) is 12.5. The van der Waals surface area contributed by atoms with Crippen LogP contribution in [-0.4, -0.2) is 29.4 Å². The number of aromatic nitrogens is 2. The van der Waals surface area contributed by atoms with Gasteiger partial charge in [0.1, 0.15) is 12.3 Å². The first-order chi connectivity index (χ1) is 16.5. The average Bonchev–Trinajstić information content (AvgIpc) is 3.36. The minimum atomic E-state index is -0.382. The SMILES string of the molecule is COc1ccc(C=NNC(=O)c2cc(-c3ccc(C)c(C)c3)n[nH]2)cc1OCc1ccccc1. The van der Waals surface area contributed by atoms with E-state index in [9.17, 15) is 4.79 Å².